The normalized spacial score (nSPS) is 12.4. The summed E-state index contributed by atoms with van der Waals surface area (Å²) in [5, 5.41) is 3.26. The molecule has 0 amide bonds. The number of nitrogens with one attached hydrogen (secondary N) is 1. The molecule has 1 atom stereocenters. The van der Waals surface area contributed by atoms with Gasteiger partial charge in [-0.3, -0.25) is 0 Å². The topological polar surface area (TPSA) is 12.0 Å². The van der Waals surface area contributed by atoms with Crippen molar-refractivity contribution in [3.05, 3.63) is 69.4 Å². The molecule has 0 spiro atoms. The van der Waals surface area contributed by atoms with E-state index in [9.17, 15) is 4.39 Å². The highest BCUT2D eigenvalue weighted by Gasteiger charge is 2.12. The van der Waals surface area contributed by atoms with Crippen molar-refractivity contribution in [3.8, 4) is 0 Å². The van der Waals surface area contributed by atoms with Crippen molar-refractivity contribution in [1.82, 2.24) is 5.32 Å². The zero-order valence-corrected chi connectivity index (χ0v) is 14.1. The Kier molecular flexibility index (Phi) is 5.95. The van der Waals surface area contributed by atoms with Gasteiger partial charge in [0, 0.05) is 4.47 Å². The summed E-state index contributed by atoms with van der Waals surface area (Å²) >= 11 is 3.46. The van der Waals surface area contributed by atoms with E-state index < -0.39 is 0 Å². The van der Waals surface area contributed by atoms with Crippen molar-refractivity contribution in [3.63, 3.8) is 0 Å². The summed E-state index contributed by atoms with van der Waals surface area (Å²) in [5.41, 5.74) is 3.79. The van der Waals surface area contributed by atoms with Crippen molar-refractivity contribution in [1.29, 1.82) is 0 Å². The first-order valence-electron chi connectivity index (χ1n) is 7.22. The molecule has 0 aromatic heterocycles. The van der Waals surface area contributed by atoms with Crippen molar-refractivity contribution >= 4 is 15.9 Å². The predicted molar refractivity (Wildman–Crippen MR) is 90.1 cm³/mol. The van der Waals surface area contributed by atoms with Crippen molar-refractivity contribution in [2.75, 3.05) is 13.6 Å². The molecular formula is C18H21BrFN. The van der Waals surface area contributed by atoms with E-state index in [4.69, 9.17) is 0 Å². The largest absolute Gasteiger partial charge is 0.319 e. The SMILES string of the molecule is CNCC(Cc1ccc(C)cc1)Cc1ccc(F)cc1Br. The van der Waals surface area contributed by atoms with Crippen LogP contribution in [0.4, 0.5) is 4.39 Å². The second-order valence-electron chi connectivity index (χ2n) is 5.55. The van der Waals surface area contributed by atoms with E-state index in [1.54, 1.807) is 0 Å². The van der Waals surface area contributed by atoms with Gasteiger partial charge in [-0.05, 0) is 62.5 Å². The van der Waals surface area contributed by atoms with Crippen LogP contribution >= 0.6 is 15.9 Å². The molecule has 2 aromatic rings. The molecule has 0 radical (unpaired) electrons. The summed E-state index contributed by atoms with van der Waals surface area (Å²) in [7, 11) is 1.97. The summed E-state index contributed by atoms with van der Waals surface area (Å²) in [6.45, 7) is 3.04. The number of hydrogen-bond donors (Lipinski definition) is 1. The average Bonchev–Trinajstić information content (AvgIpc) is 2.44. The third-order valence-corrected chi connectivity index (χ3v) is 4.40. The lowest BCUT2D eigenvalue weighted by atomic mass is 9.92. The lowest BCUT2D eigenvalue weighted by Gasteiger charge is -2.18. The fourth-order valence-electron chi connectivity index (χ4n) is 2.56. The second-order valence-corrected chi connectivity index (χ2v) is 6.41. The maximum Gasteiger partial charge on any atom is 0.124 e. The highest BCUT2D eigenvalue weighted by molar-refractivity contribution is 9.10. The molecule has 0 aliphatic heterocycles. The Labute approximate surface area is 134 Å². The van der Waals surface area contributed by atoms with Crippen LogP contribution in [0.5, 0.6) is 0 Å². The van der Waals surface area contributed by atoms with Crippen LogP contribution in [0.3, 0.4) is 0 Å². The van der Waals surface area contributed by atoms with Crippen molar-refractivity contribution < 1.29 is 4.39 Å². The van der Waals surface area contributed by atoms with Crippen molar-refractivity contribution in [2.45, 2.75) is 19.8 Å². The minimum Gasteiger partial charge on any atom is -0.319 e. The first-order valence-corrected chi connectivity index (χ1v) is 8.02. The molecule has 1 unspecified atom stereocenters. The first kappa shape index (κ1) is 16.2. The van der Waals surface area contributed by atoms with Crippen LogP contribution in [0.15, 0.2) is 46.9 Å². The third kappa shape index (κ3) is 4.94. The van der Waals surface area contributed by atoms with Gasteiger partial charge in [-0.25, -0.2) is 4.39 Å². The number of aryl methyl sites for hydroxylation is 1. The molecular weight excluding hydrogens is 329 g/mol. The quantitative estimate of drug-likeness (QED) is 0.808. The second kappa shape index (κ2) is 7.71. The van der Waals surface area contributed by atoms with Crippen LogP contribution in [-0.2, 0) is 12.8 Å². The molecule has 0 saturated carbocycles. The molecule has 0 heterocycles. The summed E-state index contributed by atoms with van der Waals surface area (Å²) in [5.74, 6) is 0.286. The molecule has 0 fully saturated rings. The smallest absolute Gasteiger partial charge is 0.124 e. The predicted octanol–water partition coefficient (Wildman–Crippen LogP) is 4.52. The van der Waals surface area contributed by atoms with Gasteiger partial charge in [-0.1, -0.05) is 51.8 Å². The molecule has 112 valence electrons. The Hall–Kier alpha value is -1.19. The molecule has 3 heteroatoms. The van der Waals surface area contributed by atoms with Gasteiger partial charge in [-0.2, -0.15) is 0 Å². The van der Waals surface area contributed by atoms with E-state index >= 15 is 0 Å². The zero-order chi connectivity index (χ0) is 15.2. The Balaban J connectivity index is 2.09. The van der Waals surface area contributed by atoms with Crippen LogP contribution < -0.4 is 5.32 Å². The Morgan fingerprint density at radius 2 is 1.81 bits per heavy atom. The maximum atomic E-state index is 13.2. The third-order valence-electron chi connectivity index (χ3n) is 3.66. The molecule has 1 nitrogen and oxygen atoms in total. The van der Waals surface area contributed by atoms with E-state index in [1.165, 1.54) is 23.3 Å². The molecule has 0 saturated heterocycles. The first-order chi connectivity index (χ1) is 10.1. The van der Waals surface area contributed by atoms with Crippen LogP contribution in [0.25, 0.3) is 0 Å². The van der Waals surface area contributed by atoms with Crippen LogP contribution in [-0.4, -0.2) is 13.6 Å². The fourth-order valence-corrected chi connectivity index (χ4v) is 3.07. The van der Waals surface area contributed by atoms with E-state index in [0.29, 0.717) is 5.92 Å². The van der Waals surface area contributed by atoms with E-state index in [0.717, 1.165) is 29.4 Å². The highest BCUT2D eigenvalue weighted by atomic mass is 79.9. The van der Waals surface area contributed by atoms with Gasteiger partial charge < -0.3 is 5.32 Å². The Morgan fingerprint density at radius 1 is 1.10 bits per heavy atom. The van der Waals surface area contributed by atoms with Gasteiger partial charge in [-0.15, -0.1) is 0 Å². The lowest BCUT2D eigenvalue weighted by molar-refractivity contribution is 0.492. The van der Waals surface area contributed by atoms with Crippen LogP contribution in [0.2, 0.25) is 0 Å². The molecule has 2 rings (SSSR count). The van der Waals surface area contributed by atoms with Crippen LogP contribution in [0, 0.1) is 18.7 Å². The standard InChI is InChI=1S/C18H21BrFN/c1-13-3-5-14(6-4-13)9-15(12-21-2)10-16-7-8-17(20)11-18(16)19/h3-8,11,15,21H,9-10,12H2,1-2H3. The highest BCUT2D eigenvalue weighted by Crippen LogP contribution is 2.23. The minimum atomic E-state index is -0.200. The molecule has 21 heavy (non-hydrogen) atoms. The number of halogens is 2. The van der Waals surface area contributed by atoms with Gasteiger partial charge in [0.15, 0.2) is 0 Å². The van der Waals surface area contributed by atoms with Gasteiger partial charge in [0.25, 0.3) is 0 Å². The fraction of sp³-hybridized carbons (Fsp3) is 0.333. The molecule has 0 aliphatic carbocycles. The van der Waals surface area contributed by atoms with Gasteiger partial charge in [0.05, 0.1) is 0 Å². The van der Waals surface area contributed by atoms with Gasteiger partial charge >= 0.3 is 0 Å². The molecule has 0 bridgehead atoms. The summed E-state index contributed by atoms with van der Waals surface area (Å²) in [6, 6.07) is 13.6. The maximum absolute atomic E-state index is 13.2. The monoisotopic (exact) mass is 349 g/mol. The van der Waals surface area contributed by atoms with Gasteiger partial charge in [0.1, 0.15) is 5.82 Å². The van der Waals surface area contributed by atoms with E-state index in [-0.39, 0.29) is 5.82 Å². The summed E-state index contributed by atoms with van der Waals surface area (Å²) in [6.07, 6.45) is 1.94. The summed E-state index contributed by atoms with van der Waals surface area (Å²) < 4.78 is 14.0. The number of benzene rings is 2. The summed E-state index contributed by atoms with van der Waals surface area (Å²) in [4.78, 5) is 0. The van der Waals surface area contributed by atoms with E-state index in [2.05, 4.69) is 52.4 Å². The molecule has 0 aliphatic rings. The average molecular weight is 350 g/mol. The lowest BCUT2D eigenvalue weighted by Crippen LogP contribution is -2.23. The Bertz CT molecular complexity index is 580. The molecule has 1 N–H and O–H groups in total. The van der Waals surface area contributed by atoms with Crippen LogP contribution in [0.1, 0.15) is 16.7 Å². The molecule has 2 aromatic carbocycles. The van der Waals surface area contributed by atoms with Gasteiger partial charge in [0.2, 0.25) is 0 Å². The van der Waals surface area contributed by atoms with E-state index in [1.807, 2.05) is 13.1 Å². The Morgan fingerprint density at radius 3 is 2.43 bits per heavy atom. The number of rotatable bonds is 6. The number of hydrogen-bond acceptors (Lipinski definition) is 1. The van der Waals surface area contributed by atoms with Crippen molar-refractivity contribution in [2.24, 2.45) is 5.92 Å². The zero-order valence-electron chi connectivity index (χ0n) is 12.5. The minimum absolute atomic E-state index is 0.200.